The van der Waals surface area contributed by atoms with Gasteiger partial charge in [-0.25, -0.2) is 0 Å². The molecule has 3 rings (SSSR count). The van der Waals surface area contributed by atoms with Crippen molar-refractivity contribution in [3.8, 4) is 11.5 Å². The Morgan fingerprint density at radius 2 is 1.73 bits per heavy atom. The van der Waals surface area contributed by atoms with E-state index in [1.54, 1.807) is 0 Å². The maximum atomic E-state index is 12.0. The maximum Gasteiger partial charge on any atom is 0.257 e. The number of hydrogen-bond acceptors (Lipinski definition) is 4. The Hall–Kier alpha value is -2.24. The van der Waals surface area contributed by atoms with Gasteiger partial charge in [-0.1, -0.05) is 42.5 Å². The molecule has 5 nitrogen and oxygen atoms in total. The molecule has 0 bridgehead atoms. The third kappa shape index (κ3) is 6.24. The molecule has 1 fully saturated rings. The lowest BCUT2D eigenvalue weighted by Crippen LogP contribution is -2.39. The van der Waals surface area contributed by atoms with Crippen molar-refractivity contribution in [1.29, 1.82) is 0 Å². The molecular weight excluding hydrogens is 352 g/mol. The molecule has 1 atom stereocenters. The monoisotopic (exact) mass is 376 g/mol. The van der Waals surface area contributed by atoms with Crippen molar-refractivity contribution in [3.05, 3.63) is 60.2 Å². The van der Waals surface area contributed by atoms with Crippen LogP contribution in [0.2, 0.25) is 0 Å². The van der Waals surface area contributed by atoms with E-state index in [0.29, 0.717) is 30.7 Å². The van der Waals surface area contributed by atoms with Gasteiger partial charge in [0.05, 0.1) is 0 Å². The van der Waals surface area contributed by atoms with E-state index >= 15 is 0 Å². The highest BCUT2D eigenvalue weighted by molar-refractivity contribution is 5.85. The van der Waals surface area contributed by atoms with Crippen LogP contribution < -0.4 is 20.1 Å². The first-order valence-corrected chi connectivity index (χ1v) is 8.70. The fraction of sp³-hybridized carbons (Fsp3) is 0.350. The highest BCUT2D eigenvalue weighted by atomic mass is 35.5. The average molecular weight is 377 g/mol. The van der Waals surface area contributed by atoms with Crippen molar-refractivity contribution in [2.45, 2.75) is 25.5 Å². The lowest BCUT2D eigenvalue weighted by Gasteiger charge is -2.14. The van der Waals surface area contributed by atoms with Crippen LogP contribution in [0.15, 0.2) is 54.6 Å². The van der Waals surface area contributed by atoms with Gasteiger partial charge in [0.1, 0.15) is 6.61 Å². The lowest BCUT2D eigenvalue weighted by molar-refractivity contribution is -0.123. The third-order valence-electron chi connectivity index (χ3n) is 4.15. The van der Waals surface area contributed by atoms with E-state index in [1.165, 1.54) is 6.42 Å². The van der Waals surface area contributed by atoms with Gasteiger partial charge >= 0.3 is 0 Å². The molecule has 1 amide bonds. The van der Waals surface area contributed by atoms with E-state index < -0.39 is 0 Å². The topological polar surface area (TPSA) is 59.6 Å². The van der Waals surface area contributed by atoms with Gasteiger partial charge in [-0.15, -0.1) is 12.4 Å². The molecule has 0 aliphatic carbocycles. The van der Waals surface area contributed by atoms with Gasteiger partial charge < -0.3 is 20.1 Å². The van der Waals surface area contributed by atoms with Crippen LogP contribution >= 0.6 is 12.4 Å². The van der Waals surface area contributed by atoms with Crippen LogP contribution in [-0.2, 0) is 11.4 Å². The first-order chi connectivity index (χ1) is 12.3. The molecule has 0 saturated carbocycles. The molecular formula is C20H25ClN2O3. The number of carbonyl (C=O) groups excluding carboxylic acids is 1. The van der Waals surface area contributed by atoms with Crippen LogP contribution in [0.5, 0.6) is 11.5 Å². The second-order valence-corrected chi connectivity index (χ2v) is 6.11. The first-order valence-electron chi connectivity index (χ1n) is 8.70. The minimum absolute atomic E-state index is 0. The zero-order valence-corrected chi connectivity index (χ0v) is 15.5. The number of hydrogen-bond donors (Lipinski definition) is 2. The summed E-state index contributed by atoms with van der Waals surface area (Å²) in [6.45, 7) is 2.12. The van der Waals surface area contributed by atoms with Crippen molar-refractivity contribution in [1.82, 2.24) is 10.6 Å². The van der Waals surface area contributed by atoms with E-state index in [2.05, 4.69) is 10.6 Å². The smallest absolute Gasteiger partial charge is 0.257 e. The van der Waals surface area contributed by atoms with Crippen molar-refractivity contribution in [2.75, 3.05) is 19.7 Å². The predicted octanol–water partition coefficient (Wildman–Crippen LogP) is 2.93. The molecule has 0 radical (unpaired) electrons. The van der Waals surface area contributed by atoms with Gasteiger partial charge in [0, 0.05) is 12.6 Å². The first kappa shape index (κ1) is 20.1. The molecule has 1 aliphatic heterocycles. The van der Waals surface area contributed by atoms with Crippen molar-refractivity contribution >= 4 is 18.3 Å². The number of ether oxygens (including phenoxy) is 2. The minimum atomic E-state index is -0.119. The summed E-state index contributed by atoms with van der Waals surface area (Å²) >= 11 is 0. The van der Waals surface area contributed by atoms with Gasteiger partial charge in [-0.05, 0) is 37.1 Å². The fourth-order valence-electron chi connectivity index (χ4n) is 2.79. The summed E-state index contributed by atoms with van der Waals surface area (Å²) in [6, 6.07) is 17.7. The Bertz CT molecular complexity index is 676. The predicted molar refractivity (Wildman–Crippen MR) is 104 cm³/mol. The largest absolute Gasteiger partial charge is 0.485 e. The Balaban J connectivity index is 0.00000243. The van der Waals surface area contributed by atoms with Crippen LogP contribution in [0.4, 0.5) is 0 Å². The SMILES string of the molecule is Cl.O=C(COc1ccccc1OCc1ccccc1)NCC1CCCN1. The van der Waals surface area contributed by atoms with Crippen LogP contribution in [0.3, 0.4) is 0 Å². The Kier molecular flexibility index (Phi) is 8.25. The number of para-hydroxylation sites is 2. The summed E-state index contributed by atoms with van der Waals surface area (Å²) in [4.78, 5) is 12.0. The number of benzene rings is 2. The number of amides is 1. The second kappa shape index (κ2) is 10.7. The fourth-order valence-corrected chi connectivity index (χ4v) is 2.79. The number of halogens is 1. The van der Waals surface area contributed by atoms with Gasteiger partial charge in [0.25, 0.3) is 5.91 Å². The van der Waals surface area contributed by atoms with Gasteiger partial charge in [-0.3, -0.25) is 4.79 Å². The Morgan fingerprint density at radius 1 is 1.04 bits per heavy atom. The highest BCUT2D eigenvalue weighted by Gasteiger charge is 2.15. The van der Waals surface area contributed by atoms with Crippen molar-refractivity contribution in [3.63, 3.8) is 0 Å². The molecule has 140 valence electrons. The summed E-state index contributed by atoms with van der Waals surface area (Å²) in [6.07, 6.45) is 2.28. The summed E-state index contributed by atoms with van der Waals surface area (Å²) in [5, 5.41) is 6.26. The quantitative estimate of drug-likeness (QED) is 0.743. The van der Waals surface area contributed by atoms with Crippen molar-refractivity contribution < 1.29 is 14.3 Å². The number of rotatable bonds is 8. The third-order valence-corrected chi connectivity index (χ3v) is 4.15. The molecule has 0 spiro atoms. The zero-order chi connectivity index (χ0) is 17.3. The molecule has 1 heterocycles. The van der Waals surface area contributed by atoms with E-state index in [9.17, 15) is 4.79 Å². The molecule has 1 unspecified atom stereocenters. The van der Waals surface area contributed by atoms with Crippen LogP contribution in [0, 0.1) is 0 Å². The van der Waals surface area contributed by atoms with Crippen LogP contribution in [-0.4, -0.2) is 31.6 Å². The standard InChI is InChI=1S/C20H24N2O3.ClH/c23-20(22-13-17-9-6-12-21-17)15-25-19-11-5-4-10-18(19)24-14-16-7-2-1-3-8-16;/h1-5,7-8,10-11,17,21H,6,9,12-15H2,(H,22,23);1H. The molecule has 1 saturated heterocycles. The molecule has 2 N–H and O–H groups in total. The van der Waals surface area contributed by atoms with Crippen LogP contribution in [0.25, 0.3) is 0 Å². The Morgan fingerprint density at radius 3 is 2.42 bits per heavy atom. The molecule has 0 aromatic heterocycles. The van der Waals surface area contributed by atoms with Gasteiger partial charge in [-0.2, -0.15) is 0 Å². The normalized spacial score (nSPS) is 15.8. The molecule has 6 heteroatoms. The van der Waals surface area contributed by atoms with E-state index in [4.69, 9.17) is 9.47 Å². The van der Waals surface area contributed by atoms with E-state index in [1.807, 2.05) is 54.6 Å². The van der Waals surface area contributed by atoms with Gasteiger partial charge in [0.2, 0.25) is 0 Å². The lowest BCUT2D eigenvalue weighted by atomic mass is 10.2. The molecule has 2 aromatic carbocycles. The summed E-state index contributed by atoms with van der Waals surface area (Å²) < 4.78 is 11.5. The molecule has 26 heavy (non-hydrogen) atoms. The van der Waals surface area contributed by atoms with Crippen molar-refractivity contribution in [2.24, 2.45) is 0 Å². The van der Waals surface area contributed by atoms with Crippen LogP contribution in [0.1, 0.15) is 18.4 Å². The summed E-state index contributed by atoms with van der Waals surface area (Å²) in [7, 11) is 0. The summed E-state index contributed by atoms with van der Waals surface area (Å²) in [5.74, 6) is 1.09. The number of carbonyl (C=O) groups is 1. The maximum absolute atomic E-state index is 12.0. The highest BCUT2D eigenvalue weighted by Crippen LogP contribution is 2.27. The van der Waals surface area contributed by atoms with Gasteiger partial charge in [0.15, 0.2) is 18.1 Å². The minimum Gasteiger partial charge on any atom is -0.485 e. The number of nitrogens with one attached hydrogen (secondary N) is 2. The van der Waals surface area contributed by atoms with E-state index in [-0.39, 0.29) is 24.9 Å². The Labute approximate surface area is 160 Å². The molecule has 2 aromatic rings. The average Bonchev–Trinajstić information content (AvgIpc) is 3.18. The second-order valence-electron chi connectivity index (χ2n) is 6.11. The summed E-state index contributed by atoms with van der Waals surface area (Å²) in [5.41, 5.74) is 1.08. The zero-order valence-electron chi connectivity index (χ0n) is 14.6. The molecule has 1 aliphatic rings. The van der Waals surface area contributed by atoms with E-state index in [0.717, 1.165) is 18.5 Å².